The Bertz CT molecular complexity index is 503. The molecule has 0 aliphatic carbocycles. The molecular weight excluding hydrogens is 250 g/mol. The van der Waals surface area contributed by atoms with Gasteiger partial charge in [0.25, 0.3) is 5.91 Å². The second kappa shape index (κ2) is 6.53. The third-order valence-corrected chi connectivity index (χ3v) is 3.90. The highest BCUT2D eigenvalue weighted by Gasteiger charge is 2.26. The fraction of sp³-hybridized carbons (Fsp3) is 0.500. The molecule has 0 aromatic heterocycles. The number of rotatable bonds is 2. The highest BCUT2D eigenvalue weighted by molar-refractivity contribution is 5.94. The molecule has 1 aliphatic heterocycles. The van der Waals surface area contributed by atoms with Crippen LogP contribution in [0.1, 0.15) is 35.7 Å². The fourth-order valence-electron chi connectivity index (χ4n) is 2.71. The first-order valence-electron chi connectivity index (χ1n) is 7.15. The number of carbonyl (C=O) groups is 1. The maximum atomic E-state index is 12.7. The molecule has 2 rings (SSSR count). The van der Waals surface area contributed by atoms with E-state index in [1.54, 1.807) is 24.3 Å². The summed E-state index contributed by atoms with van der Waals surface area (Å²) in [4.78, 5) is 16.9. The minimum Gasteiger partial charge on any atom is -0.334 e. The molecule has 0 N–H and O–H groups in total. The Hall–Kier alpha value is -1.86. The van der Waals surface area contributed by atoms with Crippen molar-refractivity contribution in [2.24, 2.45) is 0 Å². The molecule has 0 saturated carbocycles. The van der Waals surface area contributed by atoms with Gasteiger partial charge in [0.15, 0.2) is 0 Å². The second-order valence-electron chi connectivity index (χ2n) is 5.37. The van der Waals surface area contributed by atoms with Crippen molar-refractivity contribution in [1.82, 2.24) is 9.80 Å². The van der Waals surface area contributed by atoms with Crippen LogP contribution in [-0.4, -0.2) is 48.4 Å². The number of hydrogen-bond donors (Lipinski definition) is 0. The minimum absolute atomic E-state index is 0.0802. The topological polar surface area (TPSA) is 47.3 Å². The van der Waals surface area contributed by atoms with Crippen molar-refractivity contribution in [3.63, 3.8) is 0 Å². The van der Waals surface area contributed by atoms with E-state index in [1.165, 1.54) is 0 Å². The number of amides is 1. The standard InChI is InChI=1S/C16H21N3O/c1-3-15-12-18(2)9-4-10-19(15)16(20)14-7-5-13(11-17)6-8-14/h5-8,15H,3-4,9-10,12H2,1-2H3. The molecule has 4 heteroatoms. The molecule has 1 unspecified atom stereocenters. The maximum Gasteiger partial charge on any atom is 0.254 e. The van der Waals surface area contributed by atoms with Crippen molar-refractivity contribution in [3.8, 4) is 6.07 Å². The molecule has 1 fully saturated rings. The Morgan fingerprint density at radius 3 is 2.65 bits per heavy atom. The summed E-state index contributed by atoms with van der Waals surface area (Å²) >= 11 is 0. The second-order valence-corrected chi connectivity index (χ2v) is 5.37. The predicted octanol–water partition coefficient (Wildman–Crippen LogP) is 2.11. The van der Waals surface area contributed by atoms with Gasteiger partial charge in [0.05, 0.1) is 11.6 Å². The molecule has 1 aromatic carbocycles. The zero-order chi connectivity index (χ0) is 14.5. The molecule has 0 radical (unpaired) electrons. The molecule has 1 aromatic rings. The molecule has 1 saturated heterocycles. The number of nitrogens with zero attached hydrogens (tertiary/aromatic N) is 3. The van der Waals surface area contributed by atoms with E-state index in [0.29, 0.717) is 11.1 Å². The van der Waals surface area contributed by atoms with Crippen LogP contribution in [0.5, 0.6) is 0 Å². The Labute approximate surface area is 120 Å². The highest BCUT2D eigenvalue weighted by Crippen LogP contribution is 2.16. The van der Waals surface area contributed by atoms with Crippen molar-refractivity contribution in [2.45, 2.75) is 25.8 Å². The molecule has 1 heterocycles. The van der Waals surface area contributed by atoms with Crippen LogP contribution >= 0.6 is 0 Å². The quantitative estimate of drug-likeness (QED) is 0.827. The summed E-state index contributed by atoms with van der Waals surface area (Å²) in [5.41, 5.74) is 1.26. The van der Waals surface area contributed by atoms with Gasteiger partial charge in [-0.1, -0.05) is 6.92 Å². The Kier molecular flexibility index (Phi) is 4.75. The summed E-state index contributed by atoms with van der Waals surface area (Å²) < 4.78 is 0. The van der Waals surface area contributed by atoms with Gasteiger partial charge in [-0.2, -0.15) is 5.26 Å². The lowest BCUT2D eigenvalue weighted by atomic mass is 10.1. The number of likely N-dealkylation sites (N-methyl/N-ethyl adjacent to an activating group) is 1. The lowest BCUT2D eigenvalue weighted by Crippen LogP contribution is -2.43. The third kappa shape index (κ3) is 3.17. The van der Waals surface area contributed by atoms with Crippen molar-refractivity contribution in [1.29, 1.82) is 5.26 Å². The first kappa shape index (κ1) is 14.5. The summed E-state index contributed by atoms with van der Waals surface area (Å²) in [6.45, 7) is 4.90. The number of benzene rings is 1. The van der Waals surface area contributed by atoms with Crippen LogP contribution < -0.4 is 0 Å². The molecule has 0 bridgehead atoms. The smallest absolute Gasteiger partial charge is 0.254 e. The fourth-order valence-corrected chi connectivity index (χ4v) is 2.71. The molecular formula is C16H21N3O. The Morgan fingerprint density at radius 1 is 1.35 bits per heavy atom. The summed E-state index contributed by atoms with van der Waals surface area (Å²) in [7, 11) is 2.11. The third-order valence-electron chi connectivity index (χ3n) is 3.90. The van der Waals surface area contributed by atoms with Crippen LogP contribution in [0.3, 0.4) is 0 Å². The van der Waals surface area contributed by atoms with Crippen LogP contribution in [0, 0.1) is 11.3 Å². The van der Waals surface area contributed by atoms with Gasteiger partial charge in [-0.25, -0.2) is 0 Å². The number of hydrogen-bond acceptors (Lipinski definition) is 3. The number of nitriles is 1. The van der Waals surface area contributed by atoms with E-state index in [9.17, 15) is 4.79 Å². The van der Waals surface area contributed by atoms with Gasteiger partial charge in [0.1, 0.15) is 0 Å². The predicted molar refractivity (Wildman–Crippen MR) is 78.4 cm³/mol. The lowest BCUT2D eigenvalue weighted by molar-refractivity contribution is 0.0675. The molecule has 20 heavy (non-hydrogen) atoms. The first-order chi connectivity index (χ1) is 9.65. The molecule has 4 nitrogen and oxygen atoms in total. The minimum atomic E-state index is 0.0802. The van der Waals surface area contributed by atoms with Gasteiger partial charge in [-0.05, 0) is 50.7 Å². The molecule has 1 atom stereocenters. The van der Waals surface area contributed by atoms with Crippen molar-refractivity contribution in [3.05, 3.63) is 35.4 Å². The zero-order valence-corrected chi connectivity index (χ0v) is 12.2. The van der Waals surface area contributed by atoms with E-state index in [4.69, 9.17) is 5.26 Å². The average Bonchev–Trinajstić information content (AvgIpc) is 2.67. The summed E-state index contributed by atoms with van der Waals surface area (Å²) in [5, 5.41) is 8.81. The van der Waals surface area contributed by atoms with E-state index in [-0.39, 0.29) is 11.9 Å². The summed E-state index contributed by atoms with van der Waals surface area (Å²) in [6.07, 6.45) is 1.97. The Balaban J connectivity index is 2.18. The SMILES string of the molecule is CCC1CN(C)CCCN1C(=O)c1ccc(C#N)cc1. The van der Waals surface area contributed by atoms with Gasteiger partial charge in [-0.3, -0.25) is 4.79 Å². The van der Waals surface area contributed by atoms with Crippen LogP contribution in [-0.2, 0) is 0 Å². The van der Waals surface area contributed by atoms with Crippen molar-refractivity contribution >= 4 is 5.91 Å². The van der Waals surface area contributed by atoms with Gasteiger partial charge in [0.2, 0.25) is 0 Å². The van der Waals surface area contributed by atoms with E-state index in [2.05, 4.69) is 24.9 Å². The van der Waals surface area contributed by atoms with Gasteiger partial charge in [-0.15, -0.1) is 0 Å². The number of carbonyl (C=O) groups excluding carboxylic acids is 1. The van der Waals surface area contributed by atoms with Crippen LogP contribution in [0.15, 0.2) is 24.3 Å². The van der Waals surface area contributed by atoms with Gasteiger partial charge >= 0.3 is 0 Å². The van der Waals surface area contributed by atoms with Crippen LogP contribution in [0.2, 0.25) is 0 Å². The van der Waals surface area contributed by atoms with Crippen molar-refractivity contribution in [2.75, 3.05) is 26.7 Å². The summed E-state index contributed by atoms with van der Waals surface area (Å²) in [6, 6.07) is 9.26. The largest absolute Gasteiger partial charge is 0.334 e. The van der Waals surface area contributed by atoms with Crippen LogP contribution in [0.25, 0.3) is 0 Å². The zero-order valence-electron chi connectivity index (χ0n) is 12.2. The van der Waals surface area contributed by atoms with Crippen molar-refractivity contribution < 1.29 is 4.79 Å². The first-order valence-corrected chi connectivity index (χ1v) is 7.15. The molecule has 1 aliphatic rings. The van der Waals surface area contributed by atoms with E-state index < -0.39 is 0 Å². The highest BCUT2D eigenvalue weighted by atomic mass is 16.2. The maximum absolute atomic E-state index is 12.7. The molecule has 106 valence electrons. The van der Waals surface area contributed by atoms with E-state index in [1.807, 2.05) is 4.90 Å². The normalized spacial score (nSPS) is 20.2. The van der Waals surface area contributed by atoms with Crippen LogP contribution in [0.4, 0.5) is 0 Å². The van der Waals surface area contributed by atoms with Gasteiger partial charge in [0, 0.05) is 24.7 Å². The lowest BCUT2D eigenvalue weighted by Gasteiger charge is -2.30. The monoisotopic (exact) mass is 271 g/mol. The van der Waals surface area contributed by atoms with Gasteiger partial charge < -0.3 is 9.80 Å². The average molecular weight is 271 g/mol. The Morgan fingerprint density at radius 2 is 2.05 bits per heavy atom. The van der Waals surface area contributed by atoms with E-state index >= 15 is 0 Å². The van der Waals surface area contributed by atoms with E-state index in [0.717, 1.165) is 32.5 Å². The summed E-state index contributed by atoms with van der Waals surface area (Å²) in [5.74, 6) is 0.0802. The molecule has 0 spiro atoms. The molecule has 1 amide bonds.